The molecule has 1 aromatic heterocycles. The largest absolute Gasteiger partial charge is 0.370 e. The van der Waals surface area contributed by atoms with Crippen LogP contribution in [0, 0.1) is 6.92 Å². The van der Waals surface area contributed by atoms with Gasteiger partial charge in [0.15, 0.2) is 0 Å². The Hall–Kier alpha value is -1.41. The number of para-hydroxylation sites is 1. The van der Waals surface area contributed by atoms with Crippen molar-refractivity contribution in [3.63, 3.8) is 0 Å². The van der Waals surface area contributed by atoms with Crippen LogP contribution in [0.5, 0.6) is 0 Å². The predicted octanol–water partition coefficient (Wildman–Crippen LogP) is 3.60. The van der Waals surface area contributed by atoms with Crippen LogP contribution in [0.3, 0.4) is 0 Å². The lowest BCUT2D eigenvalue weighted by atomic mass is 10.0. The van der Waals surface area contributed by atoms with E-state index in [2.05, 4.69) is 30.1 Å². The Labute approximate surface area is 96.3 Å². The van der Waals surface area contributed by atoms with Gasteiger partial charge >= 0.3 is 0 Å². The number of nitrogens with zero attached hydrogens (tertiary/aromatic N) is 1. The molecule has 2 heteroatoms. The number of aryl methyl sites for hydroxylation is 1. The molecule has 0 N–H and O–H groups in total. The Kier molecular flexibility index (Phi) is 3.20. The third-order valence-corrected chi connectivity index (χ3v) is 2.85. The van der Waals surface area contributed by atoms with Crippen molar-refractivity contribution in [1.29, 1.82) is 0 Å². The molecule has 0 saturated heterocycles. The van der Waals surface area contributed by atoms with Crippen LogP contribution >= 0.6 is 0 Å². The van der Waals surface area contributed by atoms with Gasteiger partial charge in [0, 0.05) is 10.9 Å². The summed E-state index contributed by atoms with van der Waals surface area (Å²) in [7, 11) is 0. The first-order valence-corrected chi connectivity index (χ1v) is 5.81. The molecular formula is C14H17NO. The fourth-order valence-electron chi connectivity index (χ4n) is 2.04. The summed E-state index contributed by atoms with van der Waals surface area (Å²) in [5, 5.41) is 1.25. The molecule has 1 aliphatic heterocycles. The van der Waals surface area contributed by atoms with Crippen molar-refractivity contribution in [2.75, 3.05) is 0 Å². The van der Waals surface area contributed by atoms with Crippen molar-refractivity contribution in [1.82, 2.24) is 4.98 Å². The number of aromatic nitrogens is 1. The lowest BCUT2D eigenvalue weighted by Crippen LogP contribution is -1.93. The van der Waals surface area contributed by atoms with Crippen molar-refractivity contribution < 1.29 is 4.74 Å². The maximum Gasteiger partial charge on any atom is 0.0896 e. The number of ether oxygens (including phenoxy) is 1. The molecular weight excluding hydrogens is 198 g/mol. The normalized spacial score (nSPS) is 13.2. The van der Waals surface area contributed by atoms with E-state index in [1.54, 1.807) is 0 Å². The molecule has 2 heterocycles. The van der Waals surface area contributed by atoms with Gasteiger partial charge in [-0.3, -0.25) is 0 Å². The Balaban J connectivity index is 0.000000457. The van der Waals surface area contributed by atoms with Gasteiger partial charge in [0.1, 0.15) is 0 Å². The van der Waals surface area contributed by atoms with Crippen molar-refractivity contribution in [2.24, 2.45) is 0 Å². The fraction of sp³-hybridized carbons (Fsp3) is 0.357. The highest BCUT2D eigenvalue weighted by Gasteiger charge is 2.16. The minimum Gasteiger partial charge on any atom is -0.370 e. The lowest BCUT2D eigenvalue weighted by molar-refractivity contribution is 0.133. The van der Waals surface area contributed by atoms with E-state index in [0.29, 0.717) is 6.61 Å². The first-order valence-electron chi connectivity index (χ1n) is 5.81. The molecule has 0 spiro atoms. The van der Waals surface area contributed by atoms with Gasteiger partial charge in [-0.2, -0.15) is 0 Å². The van der Waals surface area contributed by atoms with E-state index in [1.807, 2.05) is 19.9 Å². The van der Waals surface area contributed by atoms with E-state index in [-0.39, 0.29) is 0 Å². The second-order valence-corrected chi connectivity index (χ2v) is 3.67. The lowest BCUT2D eigenvalue weighted by Gasteiger charge is -2.06. The summed E-state index contributed by atoms with van der Waals surface area (Å²) in [6.07, 6.45) is 0. The van der Waals surface area contributed by atoms with E-state index in [4.69, 9.17) is 4.74 Å². The monoisotopic (exact) mass is 215 g/mol. The minimum atomic E-state index is 0.668. The zero-order valence-electron chi connectivity index (χ0n) is 10.1. The van der Waals surface area contributed by atoms with Gasteiger partial charge in [-0.25, -0.2) is 4.98 Å². The maximum absolute atomic E-state index is 5.40. The molecule has 0 bridgehead atoms. The molecule has 84 valence electrons. The summed E-state index contributed by atoms with van der Waals surface area (Å²) in [6, 6.07) is 8.26. The zero-order valence-corrected chi connectivity index (χ0v) is 10.1. The topological polar surface area (TPSA) is 22.1 Å². The Morgan fingerprint density at radius 1 is 1.12 bits per heavy atom. The van der Waals surface area contributed by atoms with E-state index in [0.717, 1.165) is 17.8 Å². The first kappa shape index (κ1) is 11.1. The molecule has 2 nitrogen and oxygen atoms in total. The summed E-state index contributed by atoms with van der Waals surface area (Å²) in [5.41, 5.74) is 4.79. The minimum absolute atomic E-state index is 0.668. The van der Waals surface area contributed by atoms with Crippen molar-refractivity contribution >= 4 is 10.9 Å². The van der Waals surface area contributed by atoms with Gasteiger partial charge in [-0.15, -0.1) is 0 Å². The summed E-state index contributed by atoms with van der Waals surface area (Å²) >= 11 is 0. The smallest absolute Gasteiger partial charge is 0.0896 e. The highest BCUT2D eigenvalue weighted by molar-refractivity contribution is 5.83. The number of hydrogen-bond acceptors (Lipinski definition) is 2. The molecule has 0 radical (unpaired) electrons. The van der Waals surface area contributed by atoms with Crippen LogP contribution in [0.2, 0.25) is 0 Å². The summed E-state index contributed by atoms with van der Waals surface area (Å²) < 4.78 is 5.40. The molecule has 0 fully saturated rings. The van der Waals surface area contributed by atoms with Gasteiger partial charge < -0.3 is 4.74 Å². The Bertz CT molecular complexity index is 505. The number of benzene rings is 1. The molecule has 0 amide bonds. The highest BCUT2D eigenvalue weighted by atomic mass is 16.5. The average Bonchev–Trinajstić information content (AvgIpc) is 2.80. The second kappa shape index (κ2) is 4.62. The van der Waals surface area contributed by atoms with Gasteiger partial charge in [0.2, 0.25) is 0 Å². The first-order chi connectivity index (χ1) is 7.86. The van der Waals surface area contributed by atoms with Crippen LogP contribution in [0.1, 0.15) is 30.7 Å². The van der Waals surface area contributed by atoms with Gasteiger partial charge in [-0.05, 0) is 18.6 Å². The van der Waals surface area contributed by atoms with E-state index < -0.39 is 0 Å². The van der Waals surface area contributed by atoms with Gasteiger partial charge in [0.05, 0.1) is 24.4 Å². The highest BCUT2D eigenvalue weighted by Crippen LogP contribution is 2.27. The molecule has 0 atom stereocenters. The number of fused-ring (bicyclic) bond motifs is 2. The van der Waals surface area contributed by atoms with Crippen molar-refractivity contribution in [3.8, 4) is 0 Å². The third kappa shape index (κ3) is 1.69. The third-order valence-electron chi connectivity index (χ3n) is 2.85. The Morgan fingerprint density at radius 2 is 1.88 bits per heavy atom. The second-order valence-electron chi connectivity index (χ2n) is 3.67. The average molecular weight is 215 g/mol. The summed E-state index contributed by atoms with van der Waals surface area (Å²) in [4.78, 5) is 4.59. The molecule has 16 heavy (non-hydrogen) atoms. The molecule has 0 aliphatic carbocycles. The standard InChI is InChI=1S/C12H11NO.C2H6/c1-8-9-4-2-3-5-11(9)13-12-7-14-6-10(8)12;1-2/h2-5H,6-7H2,1H3;1-2H3. The SMILES string of the molecule is CC.Cc1c2c(nc3ccccc13)COC2. The van der Waals surface area contributed by atoms with Crippen LogP contribution in [-0.2, 0) is 18.0 Å². The number of rotatable bonds is 0. The predicted molar refractivity (Wildman–Crippen MR) is 66.3 cm³/mol. The van der Waals surface area contributed by atoms with Gasteiger partial charge in [-0.1, -0.05) is 32.0 Å². The summed E-state index contributed by atoms with van der Waals surface area (Å²) in [6.45, 7) is 7.54. The summed E-state index contributed by atoms with van der Waals surface area (Å²) in [5.74, 6) is 0. The molecule has 3 rings (SSSR count). The van der Waals surface area contributed by atoms with Crippen LogP contribution in [-0.4, -0.2) is 4.98 Å². The molecule has 0 unspecified atom stereocenters. The van der Waals surface area contributed by atoms with Crippen LogP contribution in [0.15, 0.2) is 24.3 Å². The quantitative estimate of drug-likeness (QED) is 0.670. The van der Waals surface area contributed by atoms with Crippen LogP contribution < -0.4 is 0 Å². The van der Waals surface area contributed by atoms with Crippen LogP contribution in [0.25, 0.3) is 10.9 Å². The molecule has 2 aromatic rings. The number of pyridine rings is 1. The van der Waals surface area contributed by atoms with Crippen molar-refractivity contribution in [2.45, 2.75) is 34.0 Å². The molecule has 1 aliphatic rings. The van der Waals surface area contributed by atoms with Crippen molar-refractivity contribution in [3.05, 3.63) is 41.1 Å². The molecule has 0 saturated carbocycles. The Morgan fingerprint density at radius 3 is 2.69 bits per heavy atom. The van der Waals surface area contributed by atoms with E-state index in [1.165, 1.54) is 16.5 Å². The molecule has 1 aromatic carbocycles. The van der Waals surface area contributed by atoms with E-state index in [9.17, 15) is 0 Å². The fourth-order valence-corrected chi connectivity index (χ4v) is 2.04. The number of hydrogen-bond donors (Lipinski definition) is 0. The van der Waals surface area contributed by atoms with Crippen LogP contribution in [0.4, 0.5) is 0 Å². The zero-order chi connectivity index (χ0) is 11.5. The van der Waals surface area contributed by atoms with Gasteiger partial charge in [0.25, 0.3) is 0 Å². The maximum atomic E-state index is 5.40. The van der Waals surface area contributed by atoms with E-state index >= 15 is 0 Å².